The smallest absolute Gasteiger partial charge is 0.417 e. The van der Waals surface area contributed by atoms with Gasteiger partial charge in [0.05, 0.1) is 21.7 Å². The highest BCUT2D eigenvalue weighted by atomic mass is 35.5. The van der Waals surface area contributed by atoms with Gasteiger partial charge in [0.25, 0.3) is 5.91 Å². The molecule has 0 bridgehead atoms. The number of carbonyl (C=O) groups excluding carboxylic acids is 2. The molecule has 178 valence electrons. The molecule has 3 aromatic rings. The molecule has 1 N–H and O–H groups in total. The van der Waals surface area contributed by atoms with Crippen molar-refractivity contribution in [1.82, 2.24) is 0 Å². The summed E-state index contributed by atoms with van der Waals surface area (Å²) in [4.78, 5) is 25.4. The van der Waals surface area contributed by atoms with Crippen LogP contribution < -0.4 is 5.32 Å². The second-order valence-electron chi connectivity index (χ2n) is 6.95. The first-order chi connectivity index (χ1) is 15.9. The number of ether oxygens (including phenoxy) is 1. The van der Waals surface area contributed by atoms with Crippen molar-refractivity contribution < 1.29 is 40.7 Å². The number of nitrogens with one attached hydrogen (secondary N) is 1. The van der Waals surface area contributed by atoms with Gasteiger partial charge in [0.15, 0.2) is 0 Å². The standard InChI is InChI=1S/C23H14ClF6NO3/c24-18-11-10-16(12-17(18)23(28,29)30)31-20(32)19(13-4-2-1-3-5-13)34-21(33)14-6-8-15(9-7-14)22(25,26)27/h1-12,19H,(H,31,32)/t19-/m1/s1. The number of anilines is 1. The molecule has 3 aromatic carbocycles. The maximum atomic E-state index is 13.1. The summed E-state index contributed by atoms with van der Waals surface area (Å²) in [6, 6.07) is 13.4. The minimum Gasteiger partial charge on any atom is -0.444 e. The monoisotopic (exact) mass is 501 g/mol. The van der Waals surface area contributed by atoms with E-state index in [0.717, 1.165) is 24.3 Å². The number of hydrogen-bond donors (Lipinski definition) is 1. The molecule has 0 aromatic heterocycles. The fourth-order valence-corrected chi connectivity index (χ4v) is 3.12. The van der Waals surface area contributed by atoms with Crippen LogP contribution in [0.3, 0.4) is 0 Å². The average Bonchev–Trinajstić information content (AvgIpc) is 2.78. The molecule has 0 radical (unpaired) electrons. The number of alkyl halides is 6. The van der Waals surface area contributed by atoms with E-state index in [0.29, 0.717) is 18.2 Å². The van der Waals surface area contributed by atoms with Crippen LogP contribution in [0.4, 0.5) is 32.0 Å². The Morgan fingerprint density at radius 3 is 2.00 bits per heavy atom. The maximum Gasteiger partial charge on any atom is 0.417 e. The molecule has 0 aliphatic carbocycles. The fraction of sp³-hybridized carbons (Fsp3) is 0.130. The number of halogens is 7. The van der Waals surface area contributed by atoms with E-state index in [1.165, 1.54) is 24.3 Å². The van der Waals surface area contributed by atoms with E-state index in [2.05, 4.69) is 5.32 Å². The van der Waals surface area contributed by atoms with Crippen molar-refractivity contribution in [2.24, 2.45) is 0 Å². The number of carbonyl (C=O) groups is 2. The quantitative estimate of drug-likeness (QED) is 0.305. The molecule has 0 spiro atoms. The van der Waals surface area contributed by atoms with Gasteiger partial charge in [-0.25, -0.2) is 4.79 Å². The van der Waals surface area contributed by atoms with Crippen molar-refractivity contribution in [2.45, 2.75) is 18.5 Å². The van der Waals surface area contributed by atoms with Crippen LogP contribution in [0.1, 0.15) is 33.2 Å². The highest BCUT2D eigenvalue weighted by molar-refractivity contribution is 6.31. The molecule has 3 rings (SSSR count). The lowest BCUT2D eigenvalue weighted by Crippen LogP contribution is -2.26. The third kappa shape index (κ3) is 6.07. The zero-order valence-corrected chi connectivity index (χ0v) is 17.6. The molecule has 4 nitrogen and oxygen atoms in total. The lowest BCUT2D eigenvalue weighted by molar-refractivity contribution is -0.138. The highest BCUT2D eigenvalue weighted by Crippen LogP contribution is 2.36. The van der Waals surface area contributed by atoms with Crippen LogP contribution in [0.2, 0.25) is 5.02 Å². The maximum absolute atomic E-state index is 13.1. The summed E-state index contributed by atoms with van der Waals surface area (Å²) in [7, 11) is 0. The Morgan fingerprint density at radius 2 is 1.44 bits per heavy atom. The third-order valence-corrected chi connectivity index (χ3v) is 4.88. The van der Waals surface area contributed by atoms with E-state index in [-0.39, 0.29) is 16.8 Å². The van der Waals surface area contributed by atoms with Crippen molar-refractivity contribution in [1.29, 1.82) is 0 Å². The zero-order chi connectivity index (χ0) is 25.1. The lowest BCUT2D eigenvalue weighted by Gasteiger charge is -2.19. The third-order valence-electron chi connectivity index (χ3n) is 4.55. The second kappa shape index (κ2) is 9.76. The van der Waals surface area contributed by atoms with E-state index < -0.39 is 46.5 Å². The molecule has 34 heavy (non-hydrogen) atoms. The predicted octanol–water partition coefficient (Wildman–Crippen LogP) is 6.91. The van der Waals surface area contributed by atoms with Crippen LogP contribution in [0.15, 0.2) is 72.8 Å². The molecule has 0 heterocycles. The topological polar surface area (TPSA) is 55.4 Å². The van der Waals surface area contributed by atoms with Crippen LogP contribution >= 0.6 is 11.6 Å². The van der Waals surface area contributed by atoms with Gasteiger partial charge >= 0.3 is 18.3 Å². The molecule has 1 amide bonds. The van der Waals surface area contributed by atoms with E-state index in [9.17, 15) is 35.9 Å². The summed E-state index contributed by atoms with van der Waals surface area (Å²) >= 11 is 5.58. The first kappa shape index (κ1) is 25.1. The van der Waals surface area contributed by atoms with Gasteiger partial charge in [-0.3, -0.25) is 4.79 Å². The molecular weight excluding hydrogens is 488 g/mol. The van der Waals surface area contributed by atoms with E-state index in [1.807, 2.05) is 0 Å². The Labute approximate surface area is 194 Å². The SMILES string of the molecule is O=C(O[C@@H](C(=O)Nc1ccc(Cl)c(C(F)(F)F)c1)c1ccccc1)c1ccc(C(F)(F)F)cc1. The summed E-state index contributed by atoms with van der Waals surface area (Å²) in [5.41, 5.74) is -2.49. The van der Waals surface area contributed by atoms with Gasteiger partial charge in [-0.2, -0.15) is 26.3 Å². The molecule has 1 atom stereocenters. The summed E-state index contributed by atoms with van der Waals surface area (Å²) in [5.74, 6) is -2.09. The highest BCUT2D eigenvalue weighted by Gasteiger charge is 2.34. The normalized spacial score (nSPS) is 12.7. The van der Waals surface area contributed by atoms with Crippen LogP contribution in [-0.2, 0) is 21.9 Å². The molecule has 0 fully saturated rings. The Balaban J connectivity index is 1.86. The van der Waals surface area contributed by atoms with Crippen LogP contribution in [0.5, 0.6) is 0 Å². The summed E-state index contributed by atoms with van der Waals surface area (Å²) in [6.45, 7) is 0. The second-order valence-corrected chi connectivity index (χ2v) is 7.36. The number of hydrogen-bond acceptors (Lipinski definition) is 3. The van der Waals surface area contributed by atoms with Crippen molar-refractivity contribution in [2.75, 3.05) is 5.32 Å². The Morgan fingerprint density at radius 1 is 0.824 bits per heavy atom. The summed E-state index contributed by atoms with van der Waals surface area (Å²) < 4.78 is 82.8. The van der Waals surface area contributed by atoms with Crippen molar-refractivity contribution in [3.8, 4) is 0 Å². The average molecular weight is 502 g/mol. The largest absolute Gasteiger partial charge is 0.444 e. The van der Waals surface area contributed by atoms with E-state index in [1.54, 1.807) is 6.07 Å². The molecule has 0 saturated carbocycles. The Hall–Kier alpha value is -3.53. The lowest BCUT2D eigenvalue weighted by atomic mass is 10.1. The van der Waals surface area contributed by atoms with Crippen molar-refractivity contribution in [3.05, 3.63) is 100 Å². The van der Waals surface area contributed by atoms with Gasteiger partial charge in [0, 0.05) is 11.3 Å². The molecule has 0 aliphatic rings. The zero-order valence-electron chi connectivity index (χ0n) is 16.9. The first-order valence-corrected chi connectivity index (χ1v) is 9.85. The van der Waals surface area contributed by atoms with Gasteiger partial charge in [-0.15, -0.1) is 0 Å². The van der Waals surface area contributed by atoms with Crippen molar-refractivity contribution in [3.63, 3.8) is 0 Å². The van der Waals surface area contributed by atoms with Gasteiger partial charge in [0.2, 0.25) is 6.10 Å². The Kier molecular flexibility index (Phi) is 7.21. The summed E-state index contributed by atoms with van der Waals surface area (Å²) in [6.07, 6.45) is -11.0. The number of esters is 1. The molecule has 0 aliphatic heterocycles. The molecule has 0 unspecified atom stereocenters. The van der Waals surface area contributed by atoms with Gasteiger partial charge in [-0.1, -0.05) is 41.9 Å². The number of benzene rings is 3. The molecule has 11 heteroatoms. The number of rotatable bonds is 5. The van der Waals surface area contributed by atoms with E-state index in [4.69, 9.17) is 16.3 Å². The number of amides is 1. The van der Waals surface area contributed by atoms with E-state index >= 15 is 0 Å². The van der Waals surface area contributed by atoms with Crippen LogP contribution in [0, 0.1) is 0 Å². The molecule has 0 saturated heterocycles. The summed E-state index contributed by atoms with van der Waals surface area (Å²) in [5, 5.41) is 1.67. The minimum atomic E-state index is -4.77. The van der Waals surface area contributed by atoms with Gasteiger partial charge < -0.3 is 10.1 Å². The molecular formula is C23H14ClF6NO3. The minimum absolute atomic E-state index is 0.185. The fourth-order valence-electron chi connectivity index (χ4n) is 2.90. The van der Waals surface area contributed by atoms with Crippen LogP contribution in [-0.4, -0.2) is 11.9 Å². The van der Waals surface area contributed by atoms with Gasteiger partial charge in [0.1, 0.15) is 0 Å². The first-order valence-electron chi connectivity index (χ1n) is 9.47. The van der Waals surface area contributed by atoms with Crippen LogP contribution in [0.25, 0.3) is 0 Å². The van der Waals surface area contributed by atoms with Crippen molar-refractivity contribution >= 4 is 29.2 Å². The van der Waals surface area contributed by atoms with Gasteiger partial charge in [-0.05, 0) is 42.5 Å². The predicted molar refractivity (Wildman–Crippen MR) is 111 cm³/mol. The Bertz CT molecular complexity index is 1180.